The van der Waals surface area contributed by atoms with Crippen LogP contribution in [0.1, 0.15) is 49.3 Å². The molecule has 2 heterocycles. The Morgan fingerprint density at radius 2 is 2.05 bits per heavy atom. The molecule has 1 aromatic heterocycles. The van der Waals surface area contributed by atoms with Crippen LogP contribution in [0.4, 0.5) is 0 Å². The fourth-order valence-corrected chi connectivity index (χ4v) is 3.49. The molecule has 0 unspecified atom stereocenters. The Kier molecular flexibility index (Phi) is 4.67. The van der Waals surface area contributed by atoms with Gasteiger partial charge >= 0.3 is 0 Å². The first-order valence-electron chi connectivity index (χ1n) is 7.24. The van der Waals surface area contributed by atoms with E-state index in [9.17, 15) is 13.2 Å². The Morgan fingerprint density at radius 1 is 1.43 bits per heavy atom. The van der Waals surface area contributed by atoms with Crippen molar-refractivity contribution in [2.75, 3.05) is 13.1 Å². The first-order valence-corrected chi connectivity index (χ1v) is 8.78. The average molecular weight is 314 g/mol. The molecule has 0 radical (unpaired) electrons. The standard InChI is InChI=1S/C13H22N4O3S/c1-3-4-10-12(21(14,19)20)11(16-15-10)13(18)17-7-5-9(2)6-8-17/h9H,3-8H2,1-2H3,(H,15,16)(H2,14,19,20). The molecule has 8 heteroatoms. The lowest BCUT2D eigenvalue weighted by Gasteiger charge is -2.29. The summed E-state index contributed by atoms with van der Waals surface area (Å²) in [6.45, 7) is 5.31. The summed E-state index contributed by atoms with van der Waals surface area (Å²) < 4.78 is 23.6. The maximum absolute atomic E-state index is 12.5. The van der Waals surface area contributed by atoms with Crippen LogP contribution >= 0.6 is 0 Å². The molecule has 1 saturated heterocycles. The quantitative estimate of drug-likeness (QED) is 0.859. The molecule has 1 aliphatic rings. The van der Waals surface area contributed by atoms with Gasteiger partial charge in [0.1, 0.15) is 4.90 Å². The highest BCUT2D eigenvalue weighted by atomic mass is 32.2. The number of aromatic amines is 1. The second-order valence-electron chi connectivity index (χ2n) is 5.65. The predicted molar refractivity (Wildman–Crippen MR) is 78.3 cm³/mol. The number of H-pyrrole nitrogens is 1. The molecular weight excluding hydrogens is 292 g/mol. The summed E-state index contributed by atoms with van der Waals surface area (Å²) >= 11 is 0. The zero-order valence-electron chi connectivity index (χ0n) is 12.4. The van der Waals surface area contributed by atoms with Gasteiger partial charge in [-0.3, -0.25) is 9.89 Å². The second-order valence-corrected chi connectivity index (χ2v) is 7.15. The smallest absolute Gasteiger partial charge is 0.275 e. The van der Waals surface area contributed by atoms with E-state index < -0.39 is 10.0 Å². The van der Waals surface area contributed by atoms with E-state index in [0.717, 1.165) is 19.3 Å². The van der Waals surface area contributed by atoms with Gasteiger partial charge in [-0.2, -0.15) is 5.10 Å². The van der Waals surface area contributed by atoms with Crippen LogP contribution in [0.25, 0.3) is 0 Å². The lowest BCUT2D eigenvalue weighted by Crippen LogP contribution is -2.38. The van der Waals surface area contributed by atoms with Gasteiger partial charge in [0.05, 0.1) is 5.69 Å². The van der Waals surface area contributed by atoms with Crippen molar-refractivity contribution in [3.63, 3.8) is 0 Å². The molecule has 1 amide bonds. The van der Waals surface area contributed by atoms with Crippen molar-refractivity contribution in [2.24, 2.45) is 11.1 Å². The van der Waals surface area contributed by atoms with Crippen molar-refractivity contribution in [1.82, 2.24) is 15.1 Å². The number of sulfonamides is 1. The molecular formula is C13H22N4O3S. The van der Waals surface area contributed by atoms with Crippen LogP contribution in [0, 0.1) is 5.92 Å². The number of carbonyl (C=O) groups excluding carboxylic acids is 1. The van der Waals surface area contributed by atoms with E-state index in [1.165, 1.54) is 0 Å². The van der Waals surface area contributed by atoms with Gasteiger partial charge in [-0.15, -0.1) is 0 Å². The number of carbonyl (C=O) groups is 1. The topological polar surface area (TPSA) is 109 Å². The Hall–Kier alpha value is -1.41. The maximum Gasteiger partial charge on any atom is 0.275 e. The van der Waals surface area contributed by atoms with Gasteiger partial charge < -0.3 is 4.90 Å². The van der Waals surface area contributed by atoms with Crippen LogP contribution in [0.5, 0.6) is 0 Å². The van der Waals surface area contributed by atoms with Gasteiger partial charge in [0.15, 0.2) is 5.69 Å². The number of rotatable bonds is 4. The number of nitrogens with zero attached hydrogens (tertiary/aromatic N) is 2. The third-order valence-corrected chi connectivity index (χ3v) is 4.86. The minimum Gasteiger partial charge on any atom is -0.337 e. The summed E-state index contributed by atoms with van der Waals surface area (Å²) in [4.78, 5) is 14.0. The third kappa shape index (κ3) is 3.44. The van der Waals surface area contributed by atoms with Crippen molar-refractivity contribution >= 4 is 15.9 Å². The zero-order chi connectivity index (χ0) is 15.6. The molecule has 0 bridgehead atoms. The number of piperidine rings is 1. The zero-order valence-corrected chi connectivity index (χ0v) is 13.2. The van der Waals surface area contributed by atoms with Crippen molar-refractivity contribution in [3.05, 3.63) is 11.4 Å². The van der Waals surface area contributed by atoms with E-state index in [2.05, 4.69) is 17.1 Å². The van der Waals surface area contributed by atoms with E-state index in [-0.39, 0.29) is 16.5 Å². The highest BCUT2D eigenvalue weighted by Crippen LogP contribution is 2.23. The summed E-state index contributed by atoms with van der Waals surface area (Å²) in [6, 6.07) is 0. The number of primary sulfonamides is 1. The number of nitrogens with one attached hydrogen (secondary N) is 1. The number of hydrogen-bond acceptors (Lipinski definition) is 4. The molecule has 0 aromatic carbocycles. The van der Waals surface area contributed by atoms with Crippen molar-refractivity contribution in [2.45, 2.75) is 44.4 Å². The first kappa shape index (κ1) is 16.0. The fraction of sp³-hybridized carbons (Fsp3) is 0.692. The fourth-order valence-electron chi connectivity index (χ4n) is 2.60. The minimum atomic E-state index is -3.98. The van der Waals surface area contributed by atoms with E-state index in [1.54, 1.807) is 4.90 Å². The summed E-state index contributed by atoms with van der Waals surface area (Å²) in [5.74, 6) is 0.228. The third-order valence-electron chi connectivity index (χ3n) is 3.85. The van der Waals surface area contributed by atoms with E-state index in [0.29, 0.717) is 31.1 Å². The number of amides is 1. The molecule has 118 valence electrons. The number of likely N-dealkylation sites (tertiary alicyclic amines) is 1. The van der Waals surface area contributed by atoms with Gasteiger partial charge in [0, 0.05) is 13.1 Å². The summed E-state index contributed by atoms with van der Waals surface area (Å²) in [5.41, 5.74) is 0.337. The summed E-state index contributed by atoms with van der Waals surface area (Å²) in [7, 11) is -3.98. The van der Waals surface area contributed by atoms with Crippen LogP contribution in [-0.4, -0.2) is 42.5 Å². The van der Waals surface area contributed by atoms with E-state index >= 15 is 0 Å². The molecule has 1 aliphatic heterocycles. The number of aromatic nitrogens is 2. The normalized spacial score (nSPS) is 17.2. The largest absolute Gasteiger partial charge is 0.337 e. The van der Waals surface area contributed by atoms with E-state index in [4.69, 9.17) is 5.14 Å². The van der Waals surface area contributed by atoms with Crippen LogP contribution in [0.15, 0.2) is 4.90 Å². The number of hydrogen-bond donors (Lipinski definition) is 2. The molecule has 1 fully saturated rings. The highest BCUT2D eigenvalue weighted by Gasteiger charge is 2.31. The highest BCUT2D eigenvalue weighted by molar-refractivity contribution is 7.89. The van der Waals surface area contributed by atoms with Crippen LogP contribution < -0.4 is 5.14 Å². The Labute approximate surface area is 124 Å². The molecule has 0 saturated carbocycles. The number of nitrogens with two attached hydrogens (primary N) is 1. The van der Waals surface area contributed by atoms with Gasteiger partial charge in [-0.1, -0.05) is 20.3 Å². The first-order chi connectivity index (χ1) is 9.84. The van der Waals surface area contributed by atoms with Gasteiger partial charge in [-0.25, -0.2) is 13.6 Å². The van der Waals surface area contributed by atoms with Gasteiger partial charge in [0.2, 0.25) is 10.0 Å². The van der Waals surface area contributed by atoms with Crippen molar-refractivity contribution in [3.8, 4) is 0 Å². The summed E-state index contributed by atoms with van der Waals surface area (Å²) in [6.07, 6.45) is 3.06. The monoisotopic (exact) mass is 314 g/mol. The predicted octanol–water partition coefficient (Wildman–Crippen LogP) is 0.882. The lowest BCUT2D eigenvalue weighted by atomic mass is 9.99. The molecule has 0 aliphatic carbocycles. The van der Waals surface area contributed by atoms with Crippen LogP contribution in [0.2, 0.25) is 0 Å². The molecule has 3 N–H and O–H groups in total. The Morgan fingerprint density at radius 3 is 2.57 bits per heavy atom. The van der Waals surface area contributed by atoms with Crippen LogP contribution in [-0.2, 0) is 16.4 Å². The number of aryl methyl sites for hydroxylation is 1. The molecule has 1 aromatic rings. The minimum absolute atomic E-state index is 0.0736. The molecule has 21 heavy (non-hydrogen) atoms. The molecule has 0 spiro atoms. The maximum atomic E-state index is 12.5. The summed E-state index contributed by atoms with van der Waals surface area (Å²) in [5, 5.41) is 11.8. The average Bonchev–Trinajstić information content (AvgIpc) is 2.83. The molecule has 7 nitrogen and oxygen atoms in total. The molecule has 0 atom stereocenters. The van der Waals surface area contributed by atoms with E-state index in [1.807, 2.05) is 6.92 Å². The Bertz CT molecular complexity index is 615. The lowest BCUT2D eigenvalue weighted by molar-refractivity contribution is 0.0687. The second kappa shape index (κ2) is 6.15. The molecule has 2 rings (SSSR count). The van der Waals surface area contributed by atoms with Crippen LogP contribution in [0.3, 0.4) is 0 Å². The van der Waals surface area contributed by atoms with Crippen molar-refractivity contribution in [1.29, 1.82) is 0 Å². The van der Waals surface area contributed by atoms with Gasteiger partial charge in [-0.05, 0) is 25.2 Å². The van der Waals surface area contributed by atoms with Crippen molar-refractivity contribution < 1.29 is 13.2 Å². The van der Waals surface area contributed by atoms with Gasteiger partial charge in [0.25, 0.3) is 5.91 Å². The Balaban J connectivity index is 2.33. The SMILES string of the molecule is CCCc1[nH]nc(C(=O)N2CCC(C)CC2)c1S(N)(=O)=O.